The molecule has 1 fully saturated rings. The molecule has 180 valence electrons. The second kappa shape index (κ2) is 9.50. The molecule has 3 aromatic heterocycles. The third-order valence-electron chi connectivity index (χ3n) is 6.34. The third-order valence-corrected chi connectivity index (χ3v) is 6.59. The van der Waals surface area contributed by atoms with Crippen molar-refractivity contribution < 1.29 is 4.79 Å². The molecule has 9 nitrogen and oxygen atoms in total. The predicted molar refractivity (Wildman–Crippen MR) is 136 cm³/mol. The Morgan fingerprint density at radius 3 is 2.80 bits per heavy atom. The number of aromatic nitrogens is 5. The van der Waals surface area contributed by atoms with Crippen LogP contribution in [0.2, 0.25) is 5.02 Å². The van der Waals surface area contributed by atoms with E-state index < -0.39 is 0 Å². The van der Waals surface area contributed by atoms with Gasteiger partial charge in [-0.3, -0.25) is 14.2 Å². The van der Waals surface area contributed by atoms with Crippen molar-refractivity contribution in [3.63, 3.8) is 0 Å². The van der Waals surface area contributed by atoms with Crippen LogP contribution in [0.25, 0.3) is 16.7 Å². The van der Waals surface area contributed by atoms with Crippen molar-refractivity contribution >= 4 is 40.3 Å². The standard InChI is InChI=1S/C25H26ClN7O2/c1-3-22(34)31-11-4-5-19(15-31)33-23(35)13-16(2)20-14-27-25(29-24(20)33)28-21-10-12-32(30-21)18-8-6-17(26)7-9-18/h6-10,12-14,19H,3-5,11,15H2,1-2H3,(H,27,28,29,30)/t19-/m1/s1. The molecule has 0 bridgehead atoms. The first-order chi connectivity index (χ1) is 16.9. The lowest BCUT2D eigenvalue weighted by Crippen LogP contribution is -2.42. The number of piperidine rings is 1. The fourth-order valence-electron chi connectivity index (χ4n) is 4.54. The first-order valence-corrected chi connectivity index (χ1v) is 12.1. The molecule has 1 aliphatic rings. The van der Waals surface area contributed by atoms with Crippen molar-refractivity contribution in [3.05, 3.63) is 69.7 Å². The van der Waals surface area contributed by atoms with Crippen molar-refractivity contribution in [3.8, 4) is 5.69 Å². The maximum atomic E-state index is 13.1. The van der Waals surface area contributed by atoms with Crippen LogP contribution in [0.1, 0.15) is 37.8 Å². The van der Waals surface area contributed by atoms with E-state index in [4.69, 9.17) is 16.6 Å². The maximum Gasteiger partial charge on any atom is 0.252 e. The molecule has 4 aromatic rings. The summed E-state index contributed by atoms with van der Waals surface area (Å²) in [5.74, 6) is 1.01. The van der Waals surface area contributed by atoms with Gasteiger partial charge in [0.1, 0.15) is 5.65 Å². The van der Waals surface area contributed by atoms with Crippen molar-refractivity contribution in [1.29, 1.82) is 0 Å². The molecule has 0 radical (unpaired) electrons. The zero-order valence-electron chi connectivity index (χ0n) is 19.6. The van der Waals surface area contributed by atoms with Crippen LogP contribution < -0.4 is 10.9 Å². The van der Waals surface area contributed by atoms with Crippen LogP contribution in [-0.4, -0.2) is 48.2 Å². The van der Waals surface area contributed by atoms with Crippen molar-refractivity contribution in [2.45, 2.75) is 39.2 Å². The molecular weight excluding hydrogens is 466 g/mol. The van der Waals surface area contributed by atoms with Gasteiger partial charge in [0.15, 0.2) is 5.82 Å². The number of benzene rings is 1. The van der Waals surface area contributed by atoms with Crippen LogP contribution in [0, 0.1) is 6.92 Å². The summed E-state index contributed by atoms with van der Waals surface area (Å²) in [5, 5.41) is 9.15. The number of nitrogens with zero attached hydrogens (tertiary/aromatic N) is 6. The van der Waals surface area contributed by atoms with Gasteiger partial charge in [-0.15, -0.1) is 0 Å². The minimum atomic E-state index is -0.137. The molecule has 1 N–H and O–H groups in total. The van der Waals surface area contributed by atoms with Crippen LogP contribution in [0.3, 0.4) is 0 Å². The Bertz CT molecular complexity index is 1440. The molecule has 1 aliphatic heterocycles. The lowest BCUT2D eigenvalue weighted by molar-refractivity contribution is -0.132. The summed E-state index contributed by atoms with van der Waals surface area (Å²) in [6, 6.07) is 10.7. The van der Waals surface area contributed by atoms with Crippen LogP contribution in [0.4, 0.5) is 11.8 Å². The first kappa shape index (κ1) is 23.0. The summed E-state index contributed by atoms with van der Waals surface area (Å²) in [5.41, 5.74) is 2.12. The van der Waals surface area contributed by atoms with E-state index in [0.29, 0.717) is 35.4 Å². The molecular formula is C25H26ClN7O2. The lowest BCUT2D eigenvalue weighted by Gasteiger charge is -2.34. The first-order valence-electron chi connectivity index (χ1n) is 11.7. The summed E-state index contributed by atoms with van der Waals surface area (Å²) >= 11 is 5.98. The van der Waals surface area contributed by atoms with E-state index in [0.717, 1.165) is 36.0 Å². The quantitative estimate of drug-likeness (QED) is 0.448. The summed E-state index contributed by atoms with van der Waals surface area (Å²) in [6.45, 7) is 4.97. The van der Waals surface area contributed by atoms with Crippen molar-refractivity contribution in [2.75, 3.05) is 18.4 Å². The number of likely N-dealkylation sites (tertiary alicyclic amines) is 1. The molecule has 0 unspecified atom stereocenters. The second-order valence-corrected chi connectivity index (χ2v) is 9.14. The van der Waals surface area contributed by atoms with E-state index in [-0.39, 0.29) is 17.5 Å². The molecule has 1 amide bonds. The topological polar surface area (TPSA) is 97.9 Å². The van der Waals surface area contributed by atoms with Gasteiger partial charge in [0.2, 0.25) is 11.9 Å². The molecule has 35 heavy (non-hydrogen) atoms. The number of fused-ring (bicyclic) bond motifs is 1. The van der Waals surface area contributed by atoms with Gasteiger partial charge < -0.3 is 10.2 Å². The summed E-state index contributed by atoms with van der Waals surface area (Å²) in [7, 11) is 0. The highest BCUT2D eigenvalue weighted by Gasteiger charge is 2.26. The molecule has 1 aromatic carbocycles. The molecule has 1 atom stereocenters. The number of carbonyl (C=O) groups excluding carboxylic acids is 1. The molecule has 0 spiro atoms. The monoisotopic (exact) mass is 491 g/mol. The number of pyridine rings is 1. The van der Waals surface area contributed by atoms with Gasteiger partial charge in [-0.2, -0.15) is 10.1 Å². The number of hydrogen-bond acceptors (Lipinski definition) is 6. The highest BCUT2D eigenvalue weighted by Crippen LogP contribution is 2.26. The van der Waals surface area contributed by atoms with Crippen molar-refractivity contribution in [2.24, 2.45) is 0 Å². The summed E-state index contributed by atoms with van der Waals surface area (Å²) < 4.78 is 3.44. The van der Waals surface area contributed by atoms with Crippen LogP contribution in [0.15, 0.2) is 53.6 Å². The molecule has 5 rings (SSSR count). The number of hydrogen-bond donors (Lipinski definition) is 1. The molecule has 0 saturated carbocycles. The Kier molecular flexibility index (Phi) is 6.25. The minimum Gasteiger partial charge on any atom is -0.341 e. The average molecular weight is 492 g/mol. The van der Waals surface area contributed by atoms with Crippen LogP contribution >= 0.6 is 11.6 Å². The van der Waals surface area contributed by atoms with Gasteiger partial charge in [0.25, 0.3) is 5.56 Å². The van der Waals surface area contributed by atoms with Gasteiger partial charge in [0.05, 0.1) is 11.7 Å². The molecule has 4 heterocycles. The van der Waals surface area contributed by atoms with E-state index in [1.54, 1.807) is 33.6 Å². The van der Waals surface area contributed by atoms with Gasteiger partial charge in [-0.25, -0.2) is 9.67 Å². The van der Waals surface area contributed by atoms with Gasteiger partial charge in [0, 0.05) is 54.4 Å². The zero-order valence-corrected chi connectivity index (χ0v) is 20.4. The summed E-state index contributed by atoms with van der Waals surface area (Å²) in [6.07, 6.45) is 5.66. The molecule has 10 heteroatoms. The fourth-order valence-corrected chi connectivity index (χ4v) is 4.67. The Balaban J connectivity index is 1.48. The van der Waals surface area contributed by atoms with Crippen LogP contribution in [0.5, 0.6) is 0 Å². The SMILES string of the molecule is CCC(=O)N1CCC[C@@H](n2c(=O)cc(C)c3cnc(Nc4ccn(-c5ccc(Cl)cc5)n4)nc32)C1. The number of halogens is 1. The third kappa shape index (κ3) is 4.64. The molecule has 1 saturated heterocycles. The van der Waals surface area contributed by atoms with Crippen LogP contribution in [-0.2, 0) is 4.79 Å². The van der Waals surface area contributed by atoms with Gasteiger partial charge in [-0.05, 0) is 49.6 Å². The Hall–Kier alpha value is -3.72. The highest BCUT2D eigenvalue weighted by atomic mass is 35.5. The second-order valence-electron chi connectivity index (χ2n) is 8.70. The fraction of sp³-hybridized carbons (Fsp3) is 0.320. The normalized spacial score (nSPS) is 16.0. The zero-order chi connectivity index (χ0) is 24.5. The predicted octanol–water partition coefficient (Wildman–Crippen LogP) is 4.26. The Morgan fingerprint density at radius 1 is 1.23 bits per heavy atom. The molecule has 0 aliphatic carbocycles. The van der Waals surface area contributed by atoms with E-state index in [1.807, 2.05) is 43.1 Å². The Morgan fingerprint density at radius 2 is 2.03 bits per heavy atom. The van der Waals surface area contributed by atoms with E-state index in [9.17, 15) is 9.59 Å². The number of carbonyl (C=O) groups is 1. The average Bonchev–Trinajstić information content (AvgIpc) is 3.32. The minimum absolute atomic E-state index is 0.104. The maximum absolute atomic E-state index is 13.1. The number of amides is 1. The van der Waals surface area contributed by atoms with Gasteiger partial charge in [-0.1, -0.05) is 18.5 Å². The number of aryl methyl sites for hydroxylation is 1. The summed E-state index contributed by atoms with van der Waals surface area (Å²) in [4.78, 5) is 36.4. The van der Waals surface area contributed by atoms with Crippen molar-refractivity contribution in [1.82, 2.24) is 29.2 Å². The lowest BCUT2D eigenvalue weighted by atomic mass is 10.0. The van der Waals surface area contributed by atoms with E-state index in [1.165, 1.54) is 0 Å². The largest absolute Gasteiger partial charge is 0.341 e. The number of rotatable bonds is 5. The van der Waals surface area contributed by atoms with E-state index in [2.05, 4.69) is 15.4 Å². The number of nitrogens with one attached hydrogen (secondary N) is 1. The Labute approximate surface area is 207 Å². The van der Waals surface area contributed by atoms with E-state index >= 15 is 0 Å². The highest BCUT2D eigenvalue weighted by molar-refractivity contribution is 6.30. The van der Waals surface area contributed by atoms with Gasteiger partial charge >= 0.3 is 0 Å². The smallest absolute Gasteiger partial charge is 0.252 e. The number of anilines is 2.